The number of para-hydroxylation sites is 1. The average molecular weight is 399 g/mol. The third kappa shape index (κ3) is 3.64. The minimum Gasteiger partial charge on any atom is -0.496 e. The van der Waals surface area contributed by atoms with Crippen molar-refractivity contribution < 1.29 is 4.74 Å². The van der Waals surface area contributed by atoms with E-state index in [-0.39, 0.29) is 0 Å². The number of piperidine rings is 1. The monoisotopic (exact) mass is 398 g/mol. The Kier molecular flexibility index (Phi) is 5.56. The molecule has 2 aliphatic rings. The largest absolute Gasteiger partial charge is 0.496 e. The number of rotatable bonds is 7. The highest BCUT2D eigenvalue weighted by Gasteiger charge is 2.49. The van der Waals surface area contributed by atoms with Crippen LogP contribution in [0.5, 0.6) is 5.75 Å². The third-order valence-corrected chi connectivity index (χ3v) is 6.93. The highest BCUT2D eigenvalue weighted by atomic mass is 16.5. The molecule has 3 heteroatoms. The smallest absolute Gasteiger partial charge is 0.123 e. The summed E-state index contributed by atoms with van der Waals surface area (Å²) in [4.78, 5) is 2.72. The quantitative estimate of drug-likeness (QED) is 0.625. The van der Waals surface area contributed by atoms with E-state index in [9.17, 15) is 0 Å². The van der Waals surface area contributed by atoms with Crippen LogP contribution in [0.2, 0.25) is 0 Å². The first-order chi connectivity index (χ1) is 14.8. The number of hydrogen-bond donors (Lipinski definition) is 1. The molecule has 3 aromatic rings. The predicted octanol–water partition coefficient (Wildman–Crippen LogP) is 4.69. The van der Waals surface area contributed by atoms with Crippen molar-refractivity contribution in [2.75, 3.05) is 20.2 Å². The number of nitrogens with one attached hydrogen (secondary N) is 1. The van der Waals surface area contributed by atoms with Crippen LogP contribution in [0.4, 0.5) is 0 Å². The van der Waals surface area contributed by atoms with Gasteiger partial charge >= 0.3 is 0 Å². The van der Waals surface area contributed by atoms with Gasteiger partial charge in [-0.3, -0.25) is 4.90 Å². The Balaban J connectivity index is 1.47. The Morgan fingerprint density at radius 1 is 0.900 bits per heavy atom. The summed E-state index contributed by atoms with van der Waals surface area (Å²) in [5.41, 5.74) is 4.04. The van der Waals surface area contributed by atoms with Gasteiger partial charge in [-0.2, -0.15) is 0 Å². The molecule has 0 spiro atoms. The van der Waals surface area contributed by atoms with Crippen molar-refractivity contribution in [3.63, 3.8) is 0 Å². The van der Waals surface area contributed by atoms with E-state index in [0.29, 0.717) is 23.9 Å². The van der Waals surface area contributed by atoms with Crippen LogP contribution in [-0.4, -0.2) is 37.2 Å². The lowest BCUT2D eigenvalue weighted by Crippen LogP contribution is -2.50. The topological polar surface area (TPSA) is 24.5 Å². The number of nitrogens with zero attached hydrogens (tertiary/aromatic N) is 1. The highest BCUT2D eigenvalue weighted by molar-refractivity contribution is 5.37. The first-order valence-electron chi connectivity index (χ1n) is 11.0. The number of methoxy groups -OCH3 is 1. The normalized spacial score (nSPS) is 25.0. The molecule has 2 fully saturated rings. The molecule has 0 aliphatic carbocycles. The zero-order valence-corrected chi connectivity index (χ0v) is 17.6. The van der Waals surface area contributed by atoms with Gasteiger partial charge in [0, 0.05) is 36.7 Å². The number of ether oxygens (including phenoxy) is 1. The molecule has 5 rings (SSSR count). The van der Waals surface area contributed by atoms with Crippen LogP contribution < -0.4 is 10.1 Å². The van der Waals surface area contributed by atoms with Crippen molar-refractivity contribution in [1.29, 1.82) is 0 Å². The van der Waals surface area contributed by atoms with Crippen molar-refractivity contribution in [3.8, 4) is 5.75 Å². The Hall–Kier alpha value is -2.62. The maximum absolute atomic E-state index is 5.58. The van der Waals surface area contributed by atoms with Crippen LogP contribution in [0.15, 0.2) is 84.9 Å². The van der Waals surface area contributed by atoms with Crippen LogP contribution in [0.25, 0.3) is 0 Å². The maximum atomic E-state index is 5.58. The van der Waals surface area contributed by atoms with Crippen molar-refractivity contribution >= 4 is 0 Å². The number of fused-ring (bicyclic) bond motifs is 2. The summed E-state index contributed by atoms with van der Waals surface area (Å²) in [5.74, 6) is 2.04. The molecule has 154 valence electrons. The van der Waals surface area contributed by atoms with Gasteiger partial charge in [-0.05, 0) is 36.1 Å². The van der Waals surface area contributed by atoms with E-state index in [2.05, 4.69) is 89.1 Å². The summed E-state index contributed by atoms with van der Waals surface area (Å²) in [7, 11) is 1.76. The summed E-state index contributed by atoms with van der Waals surface area (Å²) >= 11 is 0. The van der Waals surface area contributed by atoms with Gasteiger partial charge in [0.25, 0.3) is 0 Å². The molecule has 1 unspecified atom stereocenters. The van der Waals surface area contributed by atoms with Crippen molar-refractivity contribution in [1.82, 2.24) is 10.2 Å². The van der Waals surface area contributed by atoms with Gasteiger partial charge in [-0.1, -0.05) is 78.9 Å². The van der Waals surface area contributed by atoms with E-state index in [1.54, 1.807) is 7.11 Å². The van der Waals surface area contributed by atoms with Gasteiger partial charge in [-0.15, -0.1) is 0 Å². The fourth-order valence-electron chi connectivity index (χ4n) is 5.58. The van der Waals surface area contributed by atoms with Crippen molar-refractivity contribution in [3.05, 3.63) is 102 Å². The molecule has 3 nitrogen and oxygen atoms in total. The third-order valence-electron chi connectivity index (χ3n) is 6.93. The van der Waals surface area contributed by atoms with Gasteiger partial charge in [0.1, 0.15) is 5.75 Å². The van der Waals surface area contributed by atoms with Crippen LogP contribution >= 0.6 is 0 Å². The summed E-state index contributed by atoms with van der Waals surface area (Å²) in [6, 6.07) is 31.4. The molecule has 3 aromatic carbocycles. The average Bonchev–Trinajstić information content (AvgIpc) is 3.42. The molecule has 2 heterocycles. The van der Waals surface area contributed by atoms with Gasteiger partial charge in [0.05, 0.1) is 7.11 Å². The van der Waals surface area contributed by atoms with E-state index in [4.69, 9.17) is 4.74 Å². The van der Waals surface area contributed by atoms with Gasteiger partial charge in [0.15, 0.2) is 0 Å². The minimum atomic E-state index is 0.368. The second kappa shape index (κ2) is 8.63. The molecule has 0 radical (unpaired) electrons. The molecule has 0 saturated carbocycles. The maximum Gasteiger partial charge on any atom is 0.123 e. The van der Waals surface area contributed by atoms with Crippen LogP contribution in [0.1, 0.15) is 29.0 Å². The second-order valence-corrected chi connectivity index (χ2v) is 8.55. The fraction of sp³-hybridized carbons (Fsp3) is 0.333. The predicted molar refractivity (Wildman–Crippen MR) is 122 cm³/mol. The van der Waals surface area contributed by atoms with Crippen molar-refractivity contribution in [2.24, 2.45) is 5.92 Å². The molecule has 0 amide bonds. The van der Waals surface area contributed by atoms with Crippen LogP contribution in [0.3, 0.4) is 0 Å². The van der Waals surface area contributed by atoms with Crippen LogP contribution in [0, 0.1) is 5.92 Å². The SMILES string of the molecule is COc1ccccc1CN[C@H]1[C@H]2CCN(C2)[C@H]1C(c1ccccc1)c1ccccc1. The lowest BCUT2D eigenvalue weighted by atomic mass is 9.78. The first-order valence-corrected chi connectivity index (χ1v) is 11.0. The van der Waals surface area contributed by atoms with Gasteiger partial charge in [-0.25, -0.2) is 0 Å². The van der Waals surface area contributed by atoms with Crippen molar-refractivity contribution in [2.45, 2.75) is 31.0 Å². The van der Waals surface area contributed by atoms with E-state index in [1.165, 1.54) is 36.2 Å². The van der Waals surface area contributed by atoms with E-state index >= 15 is 0 Å². The molecule has 0 aromatic heterocycles. The Labute approximate surface area is 179 Å². The minimum absolute atomic E-state index is 0.368. The summed E-state index contributed by atoms with van der Waals surface area (Å²) in [5, 5.41) is 3.95. The van der Waals surface area contributed by atoms with E-state index in [1.807, 2.05) is 6.07 Å². The Morgan fingerprint density at radius 3 is 2.20 bits per heavy atom. The van der Waals surface area contributed by atoms with E-state index < -0.39 is 0 Å². The second-order valence-electron chi connectivity index (χ2n) is 8.55. The summed E-state index contributed by atoms with van der Waals surface area (Å²) in [6.07, 6.45) is 1.29. The molecule has 2 saturated heterocycles. The molecule has 30 heavy (non-hydrogen) atoms. The van der Waals surface area contributed by atoms with Gasteiger partial charge < -0.3 is 10.1 Å². The van der Waals surface area contributed by atoms with Crippen LogP contribution in [-0.2, 0) is 6.54 Å². The fourth-order valence-corrected chi connectivity index (χ4v) is 5.58. The number of benzene rings is 3. The molecular weight excluding hydrogens is 368 g/mol. The van der Waals surface area contributed by atoms with Gasteiger partial charge in [0.2, 0.25) is 0 Å². The lowest BCUT2D eigenvalue weighted by molar-refractivity contribution is 0.197. The lowest BCUT2D eigenvalue weighted by Gasteiger charge is -2.39. The molecule has 1 N–H and O–H groups in total. The highest BCUT2D eigenvalue weighted by Crippen LogP contribution is 2.43. The summed E-state index contributed by atoms with van der Waals surface area (Å²) < 4.78 is 5.58. The molecule has 4 atom stereocenters. The molecule has 2 aliphatic heterocycles. The molecule has 2 bridgehead atoms. The zero-order valence-electron chi connectivity index (χ0n) is 17.6. The number of hydrogen-bond acceptors (Lipinski definition) is 3. The first kappa shape index (κ1) is 19.3. The Bertz CT molecular complexity index is 919. The Morgan fingerprint density at radius 2 is 1.53 bits per heavy atom. The van der Waals surface area contributed by atoms with E-state index in [0.717, 1.165) is 12.3 Å². The summed E-state index contributed by atoms with van der Waals surface area (Å²) in [6.45, 7) is 3.24. The molecular formula is C27H30N2O. The zero-order chi connectivity index (χ0) is 20.3. The standard InChI is InChI=1S/C27H30N2O/c1-30-24-15-9-8-14-22(24)18-28-26-23-16-17-29(19-23)27(26)25(20-10-4-2-5-11-20)21-12-6-3-7-13-21/h2-15,23,25-28H,16-19H2,1H3/t23-,26-,27-/m0/s1.